The molecule has 26 heavy (non-hydrogen) atoms. The monoisotopic (exact) mass is 393 g/mol. The average molecular weight is 393 g/mol. The van der Waals surface area contributed by atoms with Crippen LogP contribution in [-0.4, -0.2) is 20.1 Å². The van der Waals surface area contributed by atoms with Crippen molar-refractivity contribution in [3.8, 4) is 5.75 Å². The number of furan rings is 1. The van der Waals surface area contributed by atoms with E-state index in [1.807, 2.05) is 0 Å². The predicted molar refractivity (Wildman–Crippen MR) is 98.7 cm³/mol. The normalized spacial score (nSPS) is 12.8. The molecule has 8 heteroatoms. The Hall–Kier alpha value is -2.13. The third kappa shape index (κ3) is 4.16. The highest BCUT2D eigenvalue weighted by Crippen LogP contribution is 2.29. The van der Waals surface area contributed by atoms with E-state index in [0.717, 1.165) is 4.88 Å². The molecule has 1 unspecified atom stereocenters. The molecule has 3 rings (SSSR count). The molecular formula is C18H19NO5S2. The van der Waals surface area contributed by atoms with E-state index in [2.05, 4.69) is 4.72 Å². The van der Waals surface area contributed by atoms with Crippen LogP contribution in [0.4, 0.5) is 0 Å². The van der Waals surface area contributed by atoms with E-state index in [0.29, 0.717) is 23.0 Å². The fourth-order valence-corrected chi connectivity index (χ4v) is 4.60. The highest BCUT2D eigenvalue weighted by Gasteiger charge is 2.20. The van der Waals surface area contributed by atoms with Crippen molar-refractivity contribution in [1.29, 1.82) is 0 Å². The standard InChI is InChI=1S/C18H19NO5S2/c1-2-23-14-6-3-4-8-17(14)26(21,22)19-12-13-9-10-16(25-13)18(20)15-7-5-11-24-15/h3-11,18-20H,2,12H2,1H3. The zero-order valence-electron chi connectivity index (χ0n) is 14.1. The molecule has 0 bridgehead atoms. The van der Waals surface area contributed by atoms with Crippen LogP contribution in [-0.2, 0) is 16.6 Å². The van der Waals surface area contributed by atoms with Crippen molar-refractivity contribution in [2.75, 3.05) is 6.61 Å². The Balaban J connectivity index is 1.71. The number of hydrogen-bond acceptors (Lipinski definition) is 6. The van der Waals surface area contributed by atoms with Crippen LogP contribution in [0.15, 0.2) is 64.1 Å². The summed E-state index contributed by atoms with van der Waals surface area (Å²) >= 11 is 1.32. The lowest BCUT2D eigenvalue weighted by Crippen LogP contribution is -2.23. The third-order valence-corrected chi connectivity index (χ3v) is 6.22. The SMILES string of the molecule is CCOc1ccccc1S(=O)(=O)NCc1ccc(C(O)c2ccco2)s1. The molecule has 0 aliphatic heterocycles. The van der Waals surface area contributed by atoms with E-state index in [9.17, 15) is 13.5 Å². The van der Waals surface area contributed by atoms with Crippen molar-refractivity contribution in [3.05, 3.63) is 70.3 Å². The molecule has 0 saturated heterocycles. The van der Waals surface area contributed by atoms with Crippen molar-refractivity contribution in [3.63, 3.8) is 0 Å². The van der Waals surface area contributed by atoms with Crippen molar-refractivity contribution in [2.45, 2.75) is 24.5 Å². The molecule has 1 aromatic carbocycles. The highest BCUT2D eigenvalue weighted by atomic mass is 32.2. The molecule has 0 amide bonds. The fraction of sp³-hybridized carbons (Fsp3) is 0.222. The van der Waals surface area contributed by atoms with Crippen LogP contribution in [0.3, 0.4) is 0 Å². The minimum Gasteiger partial charge on any atom is -0.492 e. The molecule has 2 heterocycles. The lowest BCUT2D eigenvalue weighted by atomic mass is 10.2. The van der Waals surface area contributed by atoms with E-state index in [4.69, 9.17) is 9.15 Å². The van der Waals surface area contributed by atoms with Crippen LogP contribution in [0, 0.1) is 0 Å². The second-order valence-electron chi connectivity index (χ2n) is 5.43. The summed E-state index contributed by atoms with van der Waals surface area (Å²) in [5.41, 5.74) is 0. The second kappa shape index (κ2) is 8.05. The van der Waals surface area contributed by atoms with Gasteiger partial charge < -0.3 is 14.3 Å². The number of rotatable bonds is 8. The van der Waals surface area contributed by atoms with Gasteiger partial charge in [0.15, 0.2) is 0 Å². The topological polar surface area (TPSA) is 88.8 Å². The maximum atomic E-state index is 12.6. The first kappa shape index (κ1) is 18.7. The maximum absolute atomic E-state index is 12.6. The first-order chi connectivity index (χ1) is 12.5. The van der Waals surface area contributed by atoms with E-state index in [1.54, 1.807) is 49.4 Å². The molecule has 2 N–H and O–H groups in total. The lowest BCUT2D eigenvalue weighted by Gasteiger charge is -2.11. The zero-order valence-corrected chi connectivity index (χ0v) is 15.7. The van der Waals surface area contributed by atoms with E-state index >= 15 is 0 Å². The minimum atomic E-state index is -3.71. The molecule has 1 atom stereocenters. The Morgan fingerprint density at radius 1 is 1.19 bits per heavy atom. The summed E-state index contributed by atoms with van der Waals surface area (Å²) in [6, 6.07) is 13.5. The summed E-state index contributed by atoms with van der Waals surface area (Å²) < 4.78 is 38.3. The molecule has 6 nitrogen and oxygen atoms in total. The molecule has 0 saturated carbocycles. The smallest absolute Gasteiger partial charge is 0.244 e. The van der Waals surface area contributed by atoms with Crippen molar-refractivity contribution < 1.29 is 22.7 Å². The van der Waals surface area contributed by atoms with Gasteiger partial charge in [-0.15, -0.1) is 11.3 Å². The summed E-state index contributed by atoms with van der Waals surface area (Å²) in [5, 5.41) is 10.3. The summed E-state index contributed by atoms with van der Waals surface area (Å²) in [4.78, 5) is 1.57. The number of hydrogen-bond donors (Lipinski definition) is 2. The van der Waals surface area contributed by atoms with Crippen LogP contribution < -0.4 is 9.46 Å². The summed E-state index contributed by atoms with van der Waals surface area (Å²) in [7, 11) is -3.71. The van der Waals surface area contributed by atoms with Crippen LogP contribution in [0.25, 0.3) is 0 Å². The molecular weight excluding hydrogens is 374 g/mol. The van der Waals surface area contributed by atoms with Crippen LogP contribution in [0.1, 0.15) is 28.5 Å². The molecule has 0 spiro atoms. The van der Waals surface area contributed by atoms with Crippen LogP contribution in [0.5, 0.6) is 5.75 Å². The molecule has 2 aromatic heterocycles. The summed E-state index contributed by atoms with van der Waals surface area (Å²) in [5.74, 6) is 0.771. The summed E-state index contributed by atoms with van der Waals surface area (Å²) in [6.45, 7) is 2.30. The number of ether oxygens (including phenoxy) is 1. The van der Waals surface area contributed by atoms with Gasteiger partial charge in [0.05, 0.1) is 12.9 Å². The first-order valence-corrected chi connectivity index (χ1v) is 10.3. The van der Waals surface area contributed by atoms with Crippen molar-refractivity contribution in [2.24, 2.45) is 0 Å². The molecule has 0 fully saturated rings. The maximum Gasteiger partial charge on any atom is 0.244 e. The highest BCUT2D eigenvalue weighted by molar-refractivity contribution is 7.89. The van der Waals surface area contributed by atoms with Gasteiger partial charge in [-0.2, -0.15) is 0 Å². The van der Waals surface area contributed by atoms with Gasteiger partial charge in [-0.25, -0.2) is 13.1 Å². The fourth-order valence-electron chi connectivity index (χ4n) is 2.41. The number of aliphatic hydroxyl groups excluding tert-OH is 1. The Morgan fingerprint density at radius 3 is 2.73 bits per heavy atom. The number of benzene rings is 1. The first-order valence-electron chi connectivity index (χ1n) is 8.03. The molecule has 0 aliphatic rings. The quantitative estimate of drug-likeness (QED) is 0.613. The number of para-hydroxylation sites is 1. The Bertz CT molecular complexity index is 948. The molecule has 0 aliphatic carbocycles. The van der Waals surface area contributed by atoms with E-state index < -0.39 is 16.1 Å². The van der Waals surface area contributed by atoms with Gasteiger partial charge in [0.2, 0.25) is 10.0 Å². The predicted octanol–water partition coefficient (Wildman–Crippen LogP) is 3.30. The van der Waals surface area contributed by atoms with Gasteiger partial charge in [-0.05, 0) is 43.3 Å². The van der Waals surface area contributed by atoms with Crippen LogP contribution >= 0.6 is 11.3 Å². The average Bonchev–Trinajstić information content (AvgIpc) is 3.32. The molecule has 138 valence electrons. The Labute approximate surface area is 156 Å². The van der Waals surface area contributed by atoms with E-state index in [-0.39, 0.29) is 11.4 Å². The lowest BCUT2D eigenvalue weighted by molar-refractivity contribution is 0.193. The molecule has 0 radical (unpaired) electrons. The van der Waals surface area contributed by atoms with Gasteiger partial charge in [0, 0.05) is 16.3 Å². The van der Waals surface area contributed by atoms with Gasteiger partial charge >= 0.3 is 0 Å². The number of aliphatic hydroxyl groups is 1. The van der Waals surface area contributed by atoms with Crippen molar-refractivity contribution in [1.82, 2.24) is 4.72 Å². The van der Waals surface area contributed by atoms with E-state index in [1.165, 1.54) is 23.7 Å². The van der Waals surface area contributed by atoms with Gasteiger partial charge in [-0.3, -0.25) is 0 Å². The van der Waals surface area contributed by atoms with Gasteiger partial charge in [-0.1, -0.05) is 12.1 Å². The summed E-state index contributed by atoms with van der Waals surface area (Å²) in [6.07, 6.45) is 0.635. The zero-order chi connectivity index (χ0) is 18.6. The number of nitrogens with one attached hydrogen (secondary N) is 1. The number of thiophene rings is 1. The van der Waals surface area contributed by atoms with Crippen LogP contribution in [0.2, 0.25) is 0 Å². The second-order valence-corrected chi connectivity index (χ2v) is 8.36. The largest absolute Gasteiger partial charge is 0.492 e. The Kier molecular flexibility index (Phi) is 5.77. The van der Waals surface area contributed by atoms with Crippen molar-refractivity contribution >= 4 is 21.4 Å². The Morgan fingerprint density at radius 2 is 2.00 bits per heavy atom. The minimum absolute atomic E-state index is 0.106. The third-order valence-electron chi connectivity index (χ3n) is 3.64. The van der Waals surface area contributed by atoms with Gasteiger partial charge in [0.1, 0.15) is 22.5 Å². The van der Waals surface area contributed by atoms with Gasteiger partial charge in [0.25, 0.3) is 0 Å². The molecule has 3 aromatic rings. The number of sulfonamides is 1.